The molecule has 33 heavy (non-hydrogen) atoms. The third kappa shape index (κ3) is 4.79. The van der Waals surface area contributed by atoms with Gasteiger partial charge in [-0.2, -0.15) is 0 Å². The zero-order valence-corrected chi connectivity index (χ0v) is 19.5. The van der Waals surface area contributed by atoms with E-state index in [1.807, 2.05) is 50.8 Å². The number of amides is 1. The van der Waals surface area contributed by atoms with E-state index in [1.165, 1.54) is 0 Å². The fourth-order valence-corrected chi connectivity index (χ4v) is 4.35. The zero-order chi connectivity index (χ0) is 23.7. The fourth-order valence-electron chi connectivity index (χ4n) is 4.35. The number of hydrogen-bond acceptors (Lipinski definition) is 6. The Bertz CT molecular complexity index is 1140. The van der Waals surface area contributed by atoms with Gasteiger partial charge in [-0.1, -0.05) is 19.0 Å². The first-order valence-corrected chi connectivity index (χ1v) is 11.3. The molecule has 1 unspecified atom stereocenters. The lowest BCUT2D eigenvalue weighted by atomic mass is 10.0. The average Bonchev–Trinajstić information content (AvgIpc) is 3.33. The van der Waals surface area contributed by atoms with Gasteiger partial charge < -0.3 is 19.9 Å². The minimum Gasteiger partial charge on any atom is -0.480 e. The first-order chi connectivity index (χ1) is 15.7. The molecule has 1 fully saturated rings. The van der Waals surface area contributed by atoms with E-state index >= 15 is 0 Å². The highest BCUT2D eigenvalue weighted by Crippen LogP contribution is 2.31. The summed E-state index contributed by atoms with van der Waals surface area (Å²) in [6.45, 7) is 11.1. The van der Waals surface area contributed by atoms with E-state index in [1.54, 1.807) is 6.20 Å². The molecule has 1 atom stereocenters. The second-order valence-electron chi connectivity index (χ2n) is 9.00. The molecule has 3 N–H and O–H groups in total. The predicted octanol–water partition coefficient (Wildman–Crippen LogP) is 3.31. The van der Waals surface area contributed by atoms with E-state index in [2.05, 4.69) is 20.4 Å². The van der Waals surface area contributed by atoms with Gasteiger partial charge in [0.25, 0.3) is 0 Å². The molecule has 0 spiro atoms. The molecule has 4 rings (SSSR count). The second kappa shape index (κ2) is 9.36. The zero-order valence-electron chi connectivity index (χ0n) is 19.5. The number of aromatic amines is 1. The van der Waals surface area contributed by atoms with Crippen LogP contribution in [0.2, 0.25) is 0 Å². The van der Waals surface area contributed by atoms with Gasteiger partial charge in [0, 0.05) is 72.6 Å². The van der Waals surface area contributed by atoms with Gasteiger partial charge in [-0.05, 0) is 32.0 Å². The second-order valence-corrected chi connectivity index (χ2v) is 9.00. The van der Waals surface area contributed by atoms with E-state index in [9.17, 15) is 14.7 Å². The summed E-state index contributed by atoms with van der Waals surface area (Å²) in [6, 6.07) is 4.78. The molecule has 1 saturated heterocycles. The number of anilines is 1. The smallest absolute Gasteiger partial charge is 0.325 e. The van der Waals surface area contributed by atoms with Gasteiger partial charge in [-0.25, -0.2) is 0 Å². The summed E-state index contributed by atoms with van der Waals surface area (Å²) in [6.07, 6.45) is 1.77. The maximum Gasteiger partial charge on any atom is 0.325 e. The third-order valence-corrected chi connectivity index (χ3v) is 6.37. The topological polar surface area (TPSA) is 115 Å². The number of fused-ring (bicyclic) bond motifs is 1. The molecule has 0 bridgehead atoms. The van der Waals surface area contributed by atoms with E-state index in [0.29, 0.717) is 24.3 Å². The largest absolute Gasteiger partial charge is 0.480 e. The predicted molar refractivity (Wildman–Crippen MR) is 125 cm³/mol. The SMILES string of the molecule is Cc1noc(C)c1CN1CCN(C(C(=O)O)c2c[nH]c3ccc(NC(=O)C(C)C)cc23)CC1. The van der Waals surface area contributed by atoms with Gasteiger partial charge in [0.1, 0.15) is 11.8 Å². The molecular weight excluding hydrogens is 422 g/mol. The van der Waals surface area contributed by atoms with Crippen LogP contribution in [0, 0.1) is 19.8 Å². The quantitative estimate of drug-likeness (QED) is 0.503. The molecular formula is C24H31N5O4. The van der Waals surface area contributed by atoms with Crippen LogP contribution in [0.25, 0.3) is 10.9 Å². The lowest BCUT2D eigenvalue weighted by molar-refractivity contribution is -0.144. The number of hydrogen-bond donors (Lipinski definition) is 3. The van der Waals surface area contributed by atoms with Crippen molar-refractivity contribution < 1.29 is 19.2 Å². The van der Waals surface area contributed by atoms with Gasteiger partial charge >= 0.3 is 5.97 Å². The van der Waals surface area contributed by atoms with Crippen LogP contribution in [0.15, 0.2) is 28.9 Å². The highest BCUT2D eigenvalue weighted by atomic mass is 16.5. The molecule has 0 radical (unpaired) electrons. The van der Waals surface area contributed by atoms with Gasteiger partial charge in [-0.3, -0.25) is 19.4 Å². The van der Waals surface area contributed by atoms with E-state index in [4.69, 9.17) is 4.52 Å². The van der Waals surface area contributed by atoms with Crippen LogP contribution in [-0.2, 0) is 16.1 Å². The minimum absolute atomic E-state index is 0.0735. The molecule has 176 valence electrons. The van der Waals surface area contributed by atoms with Gasteiger partial charge in [0.2, 0.25) is 5.91 Å². The Balaban J connectivity index is 1.52. The summed E-state index contributed by atoms with van der Waals surface area (Å²) in [4.78, 5) is 32.0. The van der Waals surface area contributed by atoms with Crippen LogP contribution in [0.3, 0.4) is 0 Å². The standard InChI is InChI=1S/C24H31N5O4/c1-14(2)23(30)26-17-5-6-21-18(11-17)19(12-25-21)22(24(31)32)29-9-7-28(8-10-29)13-20-15(3)27-33-16(20)4/h5-6,11-12,14,22,25H,7-10,13H2,1-4H3,(H,26,30)(H,31,32). The van der Waals surface area contributed by atoms with Crippen molar-refractivity contribution in [2.75, 3.05) is 31.5 Å². The first kappa shape index (κ1) is 23.0. The normalized spacial score (nSPS) is 16.4. The molecule has 0 saturated carbocycles. The molecule has 3 heterocycles. The Morgan fingerprint density at radius 1 is 1.21 bits per heavy atom. The number of aryl methyl sites for hydroxylation is 2. The van der Waals surface area contributed by atoms with E-state index in [-0.39, 0.29) is 11.8 Å². The number of carboxylic acid groups (broad SMARTS) is 1. The summed E-state index contributed by atoms with van der Waals surface area (Å²) in [7, 11) is 0. The number of carbonyl (C=O) groups is 2. The summed E-state index contributed by atoms with van der Waals surface area (Å²) < 4.78 is 5.27. The average molecular weight is 454 g/mol. The van der Waals surface area contributed by atoms with E-state index in [0.717, 1.165) is 47.6 Å². The summed E-state index contributed by atoms with van der Waals surface area (Å²) >= 11 is 0. The van der Waals surface area contributed by atoms with Crippen molar-refractivity contribution in [3.05, 3.63) is 47.0 Å². The highest BCUT2D eigenvalue weighted by molar-refractivity contribution is 5.96. The van der Waals surface area contributed by atoms with Crippen LogP contribution >= 0.6 is 0 Å². The monoisotopic (exact) mass is 453 g/mol. The lowest BCUT2D eigenvalue weighted by Gasteiger charge is -2.37. The number of nitrogens with one attached hydrogen (secondary N) is 2. The van der Waals surface area contributed by atoms with E-state index < -0.39 is 12.0 Å². The molecule has 9 heteroatoms. The molecule has 0 aliphatic carbocycles. The lowest BCUT2D eigenvalue weighted by Crippen LogP contribution is -2.48. The maximum absolute atomic E-state index is 12.4. The van der Waals surface area contributed by atoms with Crippen molar-refractivity contribution in [3.8, 4) is 0 Å². The molecule has 1 aromatic carbocycles. The van der Waals surface area contributed by atoms with Gasteiger partial charge in [0.05, 0.1) is 5.69 Å². The Hall–Kier alpha value is -3.17. The van der Waals surface area contributed by atoms with Crippen molar-refractivity contribution in [1.29, 1.82) is 0 Å². The fraction of sp³-hybridized carbons (Fsp3) is 0.458. The summed E-state index contributed by atoms with van der Waals surface area (Å²) in [5, 5.41) is 17.9. The van der Waals surface area contributed by atoms with Gasteiger partial charge in [0.15, 0.2) is 0 Å². The number of aromatic nitrogens is 2. The third-order valence-electron chi connectivity index (χ3n) is 6.37. The van der Waals surface area contributed by atoms with Crippen molar-refractivity contribution in [1.82, 2.24) is 19.9 Å². The van der Waals surface area contributed by atoms with Crippen LogP contribution in [0.1, 0.15) is 42.5 Å². The highest BCUT2D eigenvalue weighted by Gasteiger charge is 2.32. The Labute approximate surface area is 192 Å². The molecule has 9 nitrogen and oxygen atoms in total. The molecule has 3 aromatic rings. The molecule has 1 aliphatic rings. The molecule has 1 amide bonds. The maximum atomic E-state index is 12.4. The molecule has 2 aromatic heterocycles. The number of carbonyl (C=O) groups excluding carboxylic acids is 1. The van der Waals surface area contributed by atoms with Crippen LogP contribution < -0.4 is 5.32 Å². The summed E-state index contributed by atoms with van der Waals surface area (Å²) in [5.74, 6) is -0.264. The number of benzene rings is 1. The molecule has 1 aliphatic heterocycles. The van der Waals surface area contributed by atoms with Crippen molar-refractivity contribution in [2.24, 2.45) is 5.92 Å². The van der Waals surface area contributed by atoms with Crippen molar-refractivity contribution in [2.45, 2.75) is 40.3 Å². The number of H-pyrrole nitrogens is 1. The van der Waals surface area contributed by atoms with Gasteiger partial charge in [-0.15, -0.1) is 0 Å². The number of carboxylic acids is 1. The summed E-state index contributed by atoms with van der Waals surface area (Å²) in [5.41, 5.74) is 4.21. The van der Waals surface area contributed by atoms with Crippen molar-refractivity contribution in [3.63, 3.8) is 0 Å². The number of rotatable bonds is 7. The first-order valence-electron chi connectivity index (χ1n) is 11.3. The Morgan fingerprint density at radius 3 is 2.55 bits per heavy atom. The minimum atomic E-state index is -0.883. The van der Waals surface area contributed by atoms with Crippen LogP contribution in [-0.4, -0.2) is 63.1 Å². The van der Waals surface area contributed by atoms with Crippen LogP contribution in [0.4, 0.5) is 5.69 Å². The number of nitrogens with zero attached hydrogens (tertiary/aromatic N) is 3. The van der Waals surface area contributed by atoms with Crippen LogP contribution in [0.5, 0.6) is 0 Å². The Kier molecular flexibility index (Phi) is 6.53. The number of piperazine rings is 1. The van der Waals surface area contributed by atoms with Crippen molar-refractivity contribution >= 4 is 28.5 Å². The number of aliphatic carboxylic acids is 1. The Morgan fingerprint density at radius 2 is 1.94 bits per heavy atom.